The van der Waals surface area contributed by atoms with Crippen molar-refractivity contribution in [1.29, 1.82) is 0 Å². The molecule has 0 amide bonds. The number of allylic oxidation sites excluding steroid dienone is 2. The maximum atomic E-state index is 12.7. The Morgan fingerprint density at radius 3 is 1.81 bits per heavy atom. The lowest BCUT2D eigenvalue weighted by Crippen LogP contribution is -2.67. The van der Waals surface area contributed by atoms with E-state index in [4.69, 9.17) is 28.4 Å². The van der Waals surface area contributed by atoms with Gasteiger partial charge in [0, 0.05) is 0 Å². The molecule has 7 aliphatic rings. The van der Waals surface area contributed by atoms with Crippen molar-refractivity contribution in [3.8, 4) is 0 Å². The zero-order valence-corrected chi connectivity index (χ0v) is 39.0. The number of fused-ring (bicyclic) bond motifs is 5. The first kappa shape index (κ1) is 50.9. The molecule has 3 aliphatic heterocycles. The highest BCUT2D eigenvalue weighted by Gasteiger charge is 2.72. The van der Waals surface area contributed by atoms with Gasteiger partial charge in [0.15, 0.2) is 18.9 Å². The Morgan fingerprint density at radius 1 is 0.641 bits per heavy atom. The van der Waals surface area contributed by atoms with Crippen LogP contribution in [0, 0.1) is 45.3 Å². The van der Waals surface area contributed by atoms with E-state index in [0.29, 0.717) is 25.7 Å². The Balaban J connectivity index is 1.11. The van der Waals surface area contributed by atoms with E-state index in [1.165, 1.54) is 0 Å². The molecule has 0 radical (unpaired) electrons. The van der Waals surface area contributed by atoms with Crippen LogP contribution >= 0.6 is 0 Å². The number of aliphatic hydroxyl groups excluding tert-OH is 11. The predicted octanol–water partition coefficient (Wildman–Crippen LogP) is 0.612. The van der Waals surface area contributed by atoms with Crippen LogP contribution in [0.15, 0.2) is 11.6 Å². The number of aliphatic hydroxyl groups is 11. The van der Waals surface area contributed by atoms with Crippen molar-refractivity contribution >= 4 is 0 Å². The van der Waals surface area contributed by atoms with Gasteiger partial charge < -0.3 is 84.6 Å². The van der Waals surface area contributed by atoms with E-state index in [9.17, 15) is 56.2 Å². The lowest BCUT2D eigenvalue weighted by atomic mass is 9.35. The van der Waals surface area contributed by atoms with Crippen molar-refractivity contribution in [2.24, 2.45) is 45.3 Å². The Labute approximate surface area is 377 Å². The summed E-state index contributed by atoms with van der Waals surface area (Å²) in [5.41, 5.74) is -0.947. The molecule has 370 valence electrons. The van der Waals surface area contributed by atoms with E-state index >= 15 is 0 Å². The Morgan fingerprint density at radius 2 is 1.19 bits per heavy atom. The standard InChI is InChI=1S/C47H80O17/c1-22(2)10-9-14-47(8,64-42-39(58)36(55)34(53)27(62-42)21-59-40-37(56)33(52)26(20-49)60-40)23-11-16-46(7)31(23)24(50)18-29-44(5)15-13-30(43(3,4)28(44)12-17-45(29,46)6)63-41-38(57)35(54)32(51)25(19-48)61-41/h10,23-42,48-58H,9,11-21H2,1-8H3/t23-,24+,25-,26-,27+,28+,29+,30-,31-,32-,33-,34+,35+,36-,37+,38-,39+,40+,41+,42-,44-,45+,46+,47-/m0/s1. The van der Waals surface area contributed by atoms with Gasteiger partial charge >= 0.3 is 0 Å². The fourth-order valence-corrected chi connectivity index (χ4v) is 14.6. The summed E-state index contributed by atoms with van der Waals surface area (Å²) in [6.07, 6.45) is -11.9. The monoisotopic (exact) mass is 917 g/mol. The third kappa shape index (κ3) is 8.49. The van der Waals surface area contributed by atoms with E-state index in [0.717, 1.165) is 37.7 Å². The van der Waals surface area contributed by atoms with Gasteiger partial charge in [-0.05, 0) is 124 Å². The molecule has 0 aromatic heterocycles. The van der Waals surface area contributed by atoms with Gasteiger partial charge in [0.25, 0.3) is 0 Å². The molecular weight excluding hydrogens is 836 g/mol. The molecule has 4 saturated carbocycles. The first-order valence-corrected chi connectivity index (χ1v) is 23.8. The van der Waals surface area contributed by atoms with E-state index in [-0.39, 0.29) is 46.0 Å². The number of hydrogen-bond acceptors (Lipinski definition) is 17. The fourth-order valence-electron chi connectivity index (χ4n) is 14.6. The van der Waals surface area contributed by atoms with Gasteiger partial charge in [-0.25, -0.2) is 0 Å². The van der Waals surface area contributed by atoms with Gasteiger partial charge in [-0.15, -0.1) is 0 Å². The van der Waals surface area contributed by atoms with Crippen molar-refractivity contribution in [1.82, 2.24) is 0 Å². The quantitative estimate of drug-likeness (QED) is 0.0892. The first-order valence-electron chi connectivity index (χ1n) is 23.8. The van der Waals surface area contributed by atoms with Crippen LogP contribution in [0.1, 0.15) is 113 Å². The molecule has 0 aromatic rings. The molecule has 24 atom stereocenters. The third-order valence-electron chi connectivity index (χ3n) is 18.4. The van der Waals surface area contributed by atoms with Gasteiger partial charge in [0.1, 0.15) is 67.1 Å². The van der Waals surface area contributed by atoms with Crippen molar-refractivity contribution in [3.63, 3.8) is 0 Å². The molecule has 64 heavy (non-hydrogen) atoms. The molecule has 17 heteroatoms. The predicted molar refractivity (Wildman–Crippen MR) is 228 cm³/mol. The van der Waals surface area contributed by atoms with Crippen LogP contribution in [0.2, 0.25) is 0 Å². The van der Waals surface area contributed by atoms with Gasteiger partial charge in [0.05, 0.1) is 37.6 Å². The van der Waals surface area contributed by atoms with E-state index in [1.807, 2.05) is 20.8 Å². The summed E-state index contributed by atoms with van der Waals surface area (Å²) in [6.45, 7) is 16.1. The summed E-state index contributed by atoms with van der Waals surface area (Å²) in [7, 11) is 0. The molecule has 7 rings (SSSR count). The SMILES string of the molecule is CC(C)=CCC[C@](C)(O[C@@H]1O[C@H](CO[C@@H]2O[C@@H](CO)[C@H](O)[C@H]2O)[C@@H](O)[C@H](O)[C@H]1O)[C@H]1CC[C@]2(C)[C@@H]1[C@H](O)C[C@@H]1[C@@]3(C)CC[C@H](O[C@H]4O[C@@H](CO)[C@H](O)[C@@H](O)[C@@H]4O)C(C)(C)[C@H]3CC[C@]12C. The van der Waals surface area contributed by atoms with Crippen molar-refractivity contribution < 1.29 is 84.6 Å². The third-order valence-corrected chi connectivity index (χ3v) is 18.4. The average molecular weight is 917 g/mol. The summed E-state index contributed by atoms with van der Waals surface area (Å²) in [5.74, 6) is -0.0472. The molecule has 0 bridgehead atoms. The minimum absolute atomic E-state index is 0.149. The second kappa shape index (κ2) is 18.8. The minimum Gasteiger partial charge on any atom is -0.394 e. The highest BCUT2D eigenvalue weighted by molar-refractivity contribution is 5.20. The van der Waals surface area contributed by atoms with E-state index in [1.54, 1.807) is 0 Å². The van der Waals surface area contributed by atoms with Gasteiger partial charge in [-0.3, -0.25) is 0 Å². The van der Waals surface area contributed by atoms with Gasteiger partial charge in [-0.2, -0.15) is 0 Å². The Hall–Kier alpha value is -0.940. The molecule has 0 aromatic carbocycles. The average Bonchev–Trinajstić information content (AvgIpc) is 3.76. The van der Waals surface area contributed by atoms with Gasteiger partial charge in [-0.1, -0.05) is 46.3 Å². The maximum Gasteiger partial charge on any atom is 0.187 e. The van der Waals surface area contributed by atoms with Crippen LogP contribution in [0.4, 0.5) is 0 Å². The van der Waals surface area contributed by atoms with E-state index < -0.39 is 123 Å². The van der Waals surface area contributed by atoms with Crippen LogP contribution in [0.25, 0.3) is 0 Å². The number of ether oxygens (including phenoxy) is 6. The lowest BCUT2D eigenvalue weighted by Gasteiger charge is -2.71. The molecule has 3 saturated heterocycles. The Bertz CT molecular complexity index is 1630. The summed E-state index contributed by atoms with van der Waals surface area (Å²) >= 11 is 0. The molecule has 4 aliphatic carbocycles. The van der Waals surface area contributed by atoms with Crippen LogP contribution in [0.3, 0.4) is 0 Å². The molecule has 0 spiro atoms. The highest BCUT2D eigenvalue weighted by atomic mass is 16.7. The molecule has 17 nitrogen and oxygen atoms in total. The molecular formula is C47H80O17. The van der Waals surface area contributed by atoms with Crippen molar-refractivity contribution in [3.05, 3.63) is 11.6 Å². The normalized spacial score (nSPS) is 52.3. The topological polar surface area (TPSA) is 278 Å². The van der Waals surface area contributed by atoms with Crippen LogP contribution < -0.4 is 0 Å². The molecule has 0 unspecified atom stereocenters. The van der Waals surface area contributed by atoms with Gasteiger partial charge in [0.2, 0.25) is 0 Å². The molecule has 7 fully saturated rings. The lowest BCUT2D eigenvalue weighted by molar-refractivity contribution is -0.342. The van der Waals surface area contributed by atoms with Crippen LogP contribution in [-0.2, 0) is 28.4 Å². The second-order valence-electron chi connectivity index (χ2n) is 22.4. The maximum absolute atomic E-state index is 12.7. The second-order valence-corrected chi connectivity index (χ2v) is 22.4. The smallest absolute Gasteiger partial charge is 0.187 e. The molecule has 3 heterocycles. The minimum atomic E-state index is -1.67. The number of hydrogen-bond donors (Lipinski definition) is 11. The largest absolute Gasteiger partial charge is 0.394 e. The highest BCUT2D eigenvalue weighted by Crippen LogP contribution is 2.76. The summed E-state index contributed by atoms with van der Waals surface area (Å²) in [6, 6.07) is 0. The number of rotatable bonds is 13. The zero-order chi connectivity index (χ0) is 47.1. The van der Waals surface area contributed by atoms with Crippen LogP contribution in [0.5, 0.6) is 0 Å². The van der Waals surface area contributed by atoms with E-state index in [2.05, 4.69) is 40.7 Å². The van der Waals surface area contributed by atoms with Crippen molar-refractivity contribution in [2.45, 2.75) is 217 Å². The summed E-state index contributed by atoms with van der Waals surface area (Å²) in [5, 5.41) is 118. The van der Waals surface area contributed by atoms with Crippen molar-refractivity contribution in [2.75, 3.05) is 19.8 Å². The fraction of sp³-hybridized carbons (Fsp3) is 0.957. The first-order chi connectivity index (χ1) is 29.9. The van der Waals surface area contributed by atoms with Crippen LogP contribution in [-0.4, -0.2) is 180 Å². The summed E-state index contributed by atoms with van der Waals surface area (Å²) in [4.78, 5) is 0. The zero-order valence-electron chi connectivity index (χ0n) is 39.0. The molecule has 11 N–H and O–H groups in total. The summed E-state index contributed by atoms with van der Waals surface area (Å²) < 4.78 is 36.6. The Kier molecular flexibility index (Phi) is 14.9.